The number of carbonyl (C=O) groups excluding carboxylic acids is 1. The van der Waals surface area contributed by atoms with Gasteiger partial charge in [-0.15, -0.1) is 6.42 Å². The van der Waals surface area contributed by atoms with Crippen LogP contribution in [0.25, 0.3) is 5.73 Å². The average molecular weight is 387 g/mol. The molecule has 0 atom stereocenters. The van der Waals surface area contributed by atoms with E-state index in [1.165, 1.54) is 0 Å². The number of rotatable bonds is 3. The Morgan fingerprint density at radius 1 is 1.39 bits per heavy atom. The number of halogens is 2. The van der Waals surface area contributed by atoms with Gasteiger partial charge in [-0.2, -0.15) is 6.08 Å². The molecule has 0 aromatic rings. The molecule has 1 amide bonds. The van der Waals surface area contributed by atoms with Crippen molar-refractivity contribution in [1.29, 1.82) is 0 Å². The van der Waals surface area contributed by atoms with E-state index in [1.54, 1.807) is 0 Å². The molecule has 1 radical (unpaired) electrons. The van der Waals surface area contributed by atoms with Gasteiger partial charge in [0, 0.05) is 15.4 Å². The summed E-state index contributed by atoms with van der Waals surface area (Å²) < 4.78 is 0. The van der Waals surface area contributed by atoms with E-state index < -0.39 is 5.91 Å². The largest absolute Gasteiger partial charge is 4.00 e. The van der Waals surface area contributed by atoms with Crippen LogP contribution in [0.3, 0.4) is 0 Å². The molecule has 0 aliphatic heterocycles. The molecule has 18 heavy (non-hydrogen) atoms. The number of carbonyl (C=O) groups is 1. The average Bonchev–Trinajstić information content (AvgIpc) is 2.73. The quantitative estimate of drug-likeness (QED) is 0.393. The zero-order valence-corrected chi connectivity index (χ0v) is 16.4. The second kappa shape index (κ2) is 30.6. The van der Waals surface area contributed by atoms with Crippen molar-refractivity contribution in [3.05, 3.63) is 30.0 Å². The molecule has 0 fully saturated rings. The van der Waals surface area contributed by atoms with E-state index in [0.717, 1.165) is 28.8 Å². The molecule has 1 rings (SSSR count). The normalized spacial score (nSPS) is 9.28. The molecule has 2 nitrogen and oxygen atoms in total. The van der Waals surface area contributed by atoms with E-state index in [1.807, 2.05) is 19.1 Å². The molecule has 0 unspecified atom stereocenters. The fraction of sp³-hybridized carbons (Fsp3) is 0.583. The Morgan fingerprint density at radius 3 is 2.00 bits per heavy atom. The summed E-state index contributed by atoms with van der Waals surface area (Å²) in [6.07, 6.45) is 12.3. The summed E-state index contributed by atoms with van der Waals surface area (Å²) in [5, 5.41) is 0. The van der Waals surface area contributed by atoms with Gasteiger partial charge in [0.25, 0.3) is 0 Å². The van der Waals surface area contributed by atoms with Crippen molar-refractivity contribution in [1.82, 2.24) is 0 Å². The number of hydrogen-bond donors (Lipinski definition) is 0. The van der Waals surface area contributed by atoms with Crippen LogP contribution in [0.2, 0.25) is 13.1 Å². The van der Waals surface area contributed by atoms with Crippen LogP contribution in [-0.2, 0) is 31.0 Å². The van der Waals surface area contributed by atoms with Gasteiger partial charge < -0.3 is 35.3 Å². The first-order valence-corrected chi connectivity index (χ1v) is 7.70. The molecule has 1 aliphatic carbocycles. The van der Waals surface area contributed by atoms with Crippen molar-refractivity contribution in [2.45, 2.75) is 45.7 Å². The van der Waals surface area contributed by atoms with Gasteiger partial charge in [-0.05, 0) is 12.8 Å². The van der Waals surface area contributed by atoms with Crippen LogP contribution in [0.4, 0.5) is 0 Å². The minimum Gasteiger partial charge on any atom is -1.00 e. The van der Waals surface area contributed by atoms with Gasteiger partial charge >= 0.3 is 26.2 Å². The Hall–Kier alpha value is 0.630. The SMILES string of the molecule is CCCCC([NH-])=O.C[SiH]C.[C-]1=CC=CC1.[Cl-].[Cl-].[Zr+4]. The molecule has 0 saturated heterocycles. The van der Waals surface area contributed by atoms with E-state index in [0.29, 0.717) is 6.42 Å². The molecule has 6 heteroatoms. The van der Waals surface area contributed by atoms with Crippen LogP contribution in [0.5, 0.6) is 0 Å². The molecule has 103 valence electrons. The smallest absolute Gasteiger partial charge is 1.00 e. The standard InChI is InChI=1S/C5H11NO.C5H5.C2H7Si.2ClH.Zr/c1-2-3-4-5(6)7;1-2-4-5-3-1;1-3-2;;;/h2-4H2,1H3,(H2,6,7);1-3H,4H2;3H,1-2H3;2*1H;/q;-1;;;;+4/p-3. The maximum atomic E-state index is 9.87. The van der Waals surface area contributed by atoms with Crippen molar-refractivity contribution in [2.75, 3.05) is 0 Å². The second-order valence-electron chi connectivity index (χ2n) is 3.11. The summed E-state index contributed by atoms with van der Waals surface area (Å²) >= 11 is 0. The van der Waals surface area contributed by atoms with Crippen molar-refractivity contribution in [3.8, 4) is 0 Å². The number of allylic oxidation sites excluding steroid dienone is 4. The topological polar surface area (TPSA) is 40.9 Å². The van der Waals surface area contributed by atoms with Gasteiger partial charge in [0.15, 0.2) is 0 Å². The monoisotopic (exact) mass is 384 g/mol. The van der Waals surface area contributed by atoms with Crippen LogP contribution in [0.15, 0.2) is 18.2 Å². The van der Waals surface area contributed by atoms with Crippen LogP contribution in [-0.4, -0.2) is 15.4 Å². The number of hydrogen-bond acceptors (Lipinski definition) is 1. The van der Waals surface area contributed by atoms with Crippen LogP contribution in [0, 0.1) is 6.08 Å². The Kier molecular flexibility index (Phi) is 52.9. The third kappa shape index (κ3) is 43.8. The van der Waals surface area contributed by atoms with Gasteiger partial charge in [-0.1, -0.05) is 26.4 Å². The minimum absolute atomic E-state index is 0. The number of amides is 1. The number of unbranched alkanes of at least 4 members (excludes halogenated alkanes) is 1. The fourth-order valence-electron chi connectivity index (χ4n) is 0.678. The zero-order valence-electron chi connectivity index (χ0n) is 11.3. The molecule has 0 heterocycles. The molecule has 1 N–H and O–H groups in total. The van der Waals surface area contributed by atoms with Crippen LogP contribution in [0.1, 0.15) is 32.6 Å². The second-order valence-corrected chi connectivity index (χ2v) is 4.26. The fourth-order valence-corrected chi connectivity index (χ4v) is 0.678. The Balaban J connectivity index is -0.0000000461. The summed E-state index contributed by atoms with van der Waals surface area (Å²) in [4.78, 5) is 9.87. The third-order valence-electron chi connectivity index (χ3n) is 1.34. The van der Waals surface area contributed by atoms with Crippen LogP contribution < -0.4 is 24.8 Å². The van der Waals surface area contributed by atoms with E-state index >= 15 is 0 Å². The van der Waals surface area contributed by atoms with E-state index in [-0.39, 0.29) is 51.0 Å². The maximum Gasteiger partial charge on any atom is 4.00 e. The molecule has 0 spiro atoms. The van der Waals surface area contributed by atoms with E-state index in [2.05, 4.69) is 25.2 Å². The van der Waals surface area contributed by atoms with Crippen molar-refractivity contribution in [2.24, 2.45) is 0 Å². The van der Waals surface area contributed by atoms with Gasteiger partial charge in [-0.3, -0.25) is 6.08 Å². The van der Waals surface area contributed by atoms with Crippen molar-refractivity contribution < 1.29 is 55.8 Å². The molecule has 0 aromatic carbocycles. The first-order valence-electron chi connectivity index (χ1n) is 5.39. The predicted octanol–water partition coefficient (Wildman–Crippen LogP) is -2.41. The molecule has 0 aromatic heterocycles. The molecular formula is C12H22Cl2NOSiZr. The van der Waals surface area contributed by atoms with Gasteiger partial charge in [0.1, 0.15) is 0 Å². The molecular weight excluding hydrogens is 364 g/mol. The molecule has 0 bridgehead atoms. The maximum absolute atomic E-state index is 9.87. The number of nitrogens with one attached hydrogen (secondary N) is 1. The summed E-state index contributed by atoms with van der Waals surface area (Å²) in [7, 11) is 0.750. The zero-order chi connectivity index (χ0) is 11.9. The summed E-state index contributed by atoms with van der Waals surface area (Å²) in [6, 6.07) is 0. The Bertz CT molecular complexity index is 193. The minimum atomic E-state index is -0.443. The van der Waals surface area contributed by atoms with E-state index in [9.17, 15) is 4.79 Å². The van der Waals surface area contributed by atoms with Crippen molar-refractivity contribution >= 4 is 15.4 Å². The molecule has 0 saturated carbocycles. The first kappa shape index (κ1) is 31.2. The summed E-state index contributed by atoms with van der Waals surface area (Å²) in [5.41, 5.74) is 6.44. The van der Waals surface area contributed by atoms with Crippen molar-refractivity contribution in [3.63, 3.8) is 0 Å². The van der Waals surface area contributed by atoms with Gasteiger partial charge in [0.2, 0.25) is 0 Å². The van der Waals surface area contributed by atoms with Gasteiger partial charge in [0.05, 0.1) is 0 Å². The summed E-state index contributed by atoms with van der Waals surface area (Å²) in [6.45, 7) is 6.42. The summed E-state index contributed by atoms with van der Waals surface area (Å²) in [5.74, 6) is -0.443. The molecule has 1 aliphatic rings. The first-order chi connectivity index (χ1) is 7.18. The third-order valence-corrected chi connectivity index (χ3v) is 1.34. The Morgan fingerprint density at radius 2 is 1.89 bits per heavy atom. The Labute approximate surface area is 146 Å². The van der Waals surface area contributed by atoms with Gasteiger partial charge in [-0.25, -0.2) is 12.2 Å². The van der Waals surface area contributed by atoms with E-state index in [4.69, 9.17) is 5.73 Å². The van der Waals surface area contributed by atoms with Crippen LogP contribution >= 0.6 is 0 Å². The predicted molar refractivity (Wildman–Crippen MR) is 69.3 cm³/mol.